The van der Waals surface area contributed by atoms with E-state index in [4.69, 9.17) is 0 Å². The molecule has 0 aliphatic rings. The predicted molar refractivity (Wildman–Crippen MR) is 87.4 cm³/mol. The molecule has 1 aromatic carbocycles. The number of nitrogens with zero attached hydrogens (tertiary/aromatic N) is 4. The molecule has 0 saturated heterocycles. The van der Waals surface area contributed by atoms with Gasteiger partial charge in [0, 0.05) is 12.1 Å². The highest BCUT2D eigenvalue weighted by Gasteiger charge is 2.18. The average molecular weight is 308 g/mol. The van der Waals surface area contributed by atoms with E-state index in [1.165, 1.54) is 6.08 Å². The molecule has 0 bridgehead atoms. The van der Waals surface area contributed by atoms with Crippen LogP contribution in [0.3, 0.4) is 0 Å². The number of pyridine rings is 1. The van der Waals surface area contributed by atoms with E-state index in [9.17, 15) is 15.2 Å². The largest absolute Gasteiger partial charge is 0.493 e. The van der Waals surface area contributed by atoms with Gasteiger partial charge < -0.3 is 5.11 Å². The maximum absolute atomic E-state index is 12.4. The van der Waals surface area contributed by atoms with Crippen molar-refractivity contribution in [3.63, 3.8) is 0 Å². The van der Waals surface area contributed by atoms with E-state index in [-0.39, 0.29) is 23.7 Å². The summed E-state index contributed by atoms with van der Waals surface area (Å²) in [7, 11) is 0. The summed E-state index contributed by atoms with van der Waals surface area (Å²) in [6.07, 6.45) is 1.46. The van der Waals surface area contributed by atoms with E-state index in [0.717, 1.165) is 10.1 Å². The van der Waals surface area contributed by atoms with Crippen molar-refractivity contribution in [2.24, 2.45) is 10.2 Å². The minimum absolute atomic E-state index is 0.00430. The van der Waals surface area contributed by atoms with Gasteiger partial charge in [-0.25, -0.2) is 0 Å². The van der Waals surface area contributed by atoms with Gasteiger partial charge in [0.2, 0.25) is 5.88 Å². The number of benzene rings is 1. The van der Waals surface area contributed by atoms with Crippen molar-refractivity contribution in [3.8, 4) is 11.9 Å². The third kappa shape index (κ3) is 3.19. The maximum atomic E-state index is 12.4. The van der Waals surface area contributed by atoms with Gasteiger partial charge in [-0.3, -0.25) is 9.36 Å². The van der Waals surface area contributed by atoms with Crippen molar-refractivity contribution in [1.29, 1.82) is 5.26 Å². The molecule has 0 unspecified atom stereocenters. The van der Waals surface area contributed by atoms with E-state index >= 15 is 0 Å². The highest BCUT2D eigenvalue weighted by atomic mass is 16.3. The van der Waals surface area contributed by atoms with E-state index < -0.39 is 5.56 Å². The lowest BCUT2D eigenvalue weighted by Gasteiger charge is -2.11. The van der Waals surface area contributed by atoms with Gasteiger partial charge in [-0.15, -0.1) is 11.7 Å². The van der Waals surface area contributed by atoms with Gasteiger partial charge in [-0.2, -0.15) is 10.4 Å². The van der Waals surface area contributed by atoms with Crippen LogP contribution in [0.4, 0.5) is 11.4 Å². The molecule has 0 fully saturated rings. The van der Waals surface area contributed by atoms with Crippen molar-refractivity contribution in [3.05, 3.63) is 64.0 Å². The van der Waals surface area contributed by atoms with E-state index in [2.05, 4.69) is 16.8 Å². The SMILES string of the molecule is C=CCn1c(O)c(C#N)c(C)c(N=Nc2cccc(C)c2)c1=O. The second kappa shape index (κ2) is 6.71. The van der Waals surface area contributed by atoms with E-state index in [0.29, 0.717) is 11.3 Å². The number of aromatic nitrogens is 1. The molecule has 6 heteroatoms. The Bertz CT molecular complexity index is 889. The lowest BCUT2D eigenvalue weighted by atomic mass is 10.1. The standard InChI is InChI=1S/C17H16N4O2/c1-4-8-21-16(22)14(10-18)12(3)15(17(21)23)20-19-13-7-5-6-11(2)9-13/h4-7,9,22H,1,8H2,2-3H3. The van der Waals surface area contributed by atoms with Gasteiger partial charge in [0.1, 0.15) is 11.6 Å². The van der Waals surface area contributed by atoms with Crippen LogP contribution in [0.1, 0.15) is 16.7 Å². The molecule has 0 amide bonds. The number of nitriles is 1. The van der Waals surface area contributed by atoms with E-state index in [1.807, 2.05) is 31.2 Å². The second-order valence-electron chi connectivity index (χ2n) is 5.03. The first-order valence-electron chi connectivity index (χ1n) is 6.95. The summed E-state index contributed by atoms with van der Waals surface area (Å²) in [5.41, 5.74) is 1.44. The summed E-state index contributed by atoms with van der Waals surface area (Å²) in [6, 6.07) is 9.24. The van der Waals surface area contributed by atoms with Crippen molar-refractivity contribution in [1.82, 2.24) is 4.57 Å². The third-order valence-electron chi connectivity index (χ3n) is 3.35. The Hall–Kier alpha value is -3.20. The molecule has 1 aromatic heterocycles. The topological polar surface area (TPSA) is 90.7 Å². The number of aryl methyl sites for hydroxylation is 1. The molecule has 2 rings (SSSR count). The van der Waals surface area contributed by atoms with Gasteiger partial charge in [0.25, 0.3) is 5.56 Å². The molecular weight excluding hydrogens is 292 g/mol. The fraction of sp³-hybridized carbons (Fsp3) is 0.176. The number of rotatable bonds is 4. The molecule has 1 heterocycles. The fourth-order valence-corrected chi connectivity index (χ4v) is 2.15. The maximum Gasteiger partial charge on any atom is 0.281 e. The highest BCUT2D eigenvalue weighted by Crippen LogP contribution is 2.26. The molecule has 1 N–H and O–H groups in total. The summed E-state index contributed by atoms with van der Waals surface area (Å²) in [5, 5.41) is 27.3. The Morgan fingerprint density at radius 3 is 2.74 bits per heavy atom. The van der Waals surface area contributed by atoms with Gasteiger partial charge >= 0.3 is 0 Å². The predicted octanol–water partition coefficient (Wildman–Crippen LogP) is 3.64. The number of azo groups is 1. The summed E-state index contributed by atoms with van der Waals surface area (Å²) in [6.45, 7) is 7.10. The van der Waals surface area contributed by atoms with Crippen LogP contribution in [0, 0.1) is 25.2 Å². The van der Waals surface area contributed by atoms with Crippen LogP contribution in [0.5, 0.6) is 5.88 Å². The first-order valence-corrected chi connectivity index (χ1v) is 6.95. The molecule has 2 aromatic rings. The Morgan fingerprint density at radius 1 is 1.39 bits per heavy atom. The summed E-state index contributed by atoms with van der Waals surface area (Å²) in [4.78, 5) is 12.4. The normalized spacial score (nSPS) is 10.7. The van der Waals surface area contributed by atoms with Crippen molar-refractivity contribution < 1.29 is 5.11 Å². The molecule has 0 spiro atoms. The van der Waals surface area contributed by atoms with Crippen LogP contribution in [0.15, 0.2) is 51.9 Å². The zero-order valence-electron chi connectivity index (χ0n) is 12.9. The van der Waals surface area contributed by atoms with Crippen LogP contribution >= 0.6 is 0 Å². The van der Waals surface area contributed by atoms with E-state index in [1.54, 1.807) is 13.0 Å². The quantitative estimate of drug-likeness (QED) is 0.690. The minimum Gasteiger partial charge on any atom is -0.493 e. The van der Waals surface area contributed by atoms with Crippen molar-refractivity contribution in [2.75, 3.05) is 0 Å². The smallest absolute Gasteiger partial charge is 0.281 e. The Labute approximate surface area is 133 Å². The summed E-state index contributed by atoms with van der Waals surface area (Å²) < 4.78 is 1.04. The number of aromatic hydroxyl groups is 1. The molecular formula is C17H16N4O2. The van der Waals surface area contributed by atoms with Gasteiger partial charge in [-0.1, -0.05) is 18.2 Å². The molecule has 0 atom stereocenters. The average Bonchev–Trinajstić information content (AvgIpc) is 2.52. The van der Waals surface area contributed by atoms with Gasteiger partial charge in [0.15, 0.2) is 5.69 Å². The van der Waals surface area contributed by atoms with Crippen LogP contribution < -0.4 is 5.56 Å². The molecule has 6 nitrogen and oxygen atoms in total. The van der Waals surface area contributed by atoms with Gasteiger partial charge in [0.05, 0.1) is 5.69 Å². The number of allylic oxidation sites excluding steroid dienone is 1. The Kier molecular flexibility index (Phi) is 4.72. The van der Waals surface area contributed by atoms with Crippen LogP contribution in [0.2, 0.25) is 0 Å². The zero-order chi connectivity index (χ0) is 17.0. The first-order chi connectivity index (χ1) is 11.0. The highest BCUT2D eigenvalue weighted by molar-refractivity contribution is 5.56. The van der Waals surface area contributed by atoms with Crippen LogP contribution in [0.25, 0.3) is 0 Å². The van der Waals surface area contributed by atoms with Gasteiger partial charge in [-0.05, 0) is 31.5 Å². The first kappa shape index (κ1) is 16.2. The fourth-order valence-electron chi connectivity index (χ4n) is 2.15. The molecule has 0 saturated carbocycles. The summed E-state index contributed by atoms with van der Waals surface area (Å²) in [5.74, 6) is -0.385. The van der Waals surface area contributed by atoms with Crippen molar-refractivity contribution >= 4 is 11.4 Å². The summed E-state index contributed by atoms with van der Waals surface area (Å²) >= 11 is 0. The molecule has 0 aliphatic carbocycles. The van der Waals surface area contributed by atoms with Crippen LogP contribution in [-0.4, -0.2) is 9.67 Å². The molecule has 0 aliphatic heterocycles. The molecule has 23 heavy (non-hydrogen) atoms. The minimum atomic E-state index is -0.518. The Balaban J connectivity index is 2.62. The lowest BCUT2D eigenvalue weighted by molar-refractivity contribution is 0.414. The van der Waals surface area contributed by atoms with Crippen LogP contribution in [-0.2, 0) is 6.54 Å². The monoisotopic (exact) mass is 308 g/mol. The molecule has 0 radical (unpaired) electrons. The number of hydrogen-bond donors (Lipinski definition) is 1. The molecule has 116 valence electrons. The lowest BCUT2D eigenvalue weighted by Crippen LogP contribution is -2.21. The van der Waals surface area contributed by atoms with Crippen molar-refractivity contribution in [2.45, 2.75) is 20.4 Å². The third-order valence-corrected chi connectivity index (χ3v) is 3.35. The zero-order valence-corrected chi connectivity index (χ0v) is 12.9. The second-order valence-corrected chi connectivity index (χ2v) is 5.03. The Morgan fingerprint density at radius 2 is 2.13 bits per heavy atom. The number of hydrogen-bond acceptors (Lipinski definition) is 5.